The zero-order valence-electron chi connectivity index (χ0n) is 9.08. The predicted octanol–water partition coefficient (Wildman–Crippen LogP) is 1.15. The van der Waals surface area contributed by atoms with Crippen molar-refractivity contribution in [2.45, 2.75) is 19.1 Å². The van der Waals surface area contributed by atoms with Gasteiger partial charge in [0.25, 0.3) is 5.82 Å². The number of fused-ring (bicyclic) bond motifs is 1. The Morgan fingerprint density at radius 1 is 1.47 bits per heavy atom. The van der Waals surface area contributed by atoms with Gasteiger partial charge in [-0.3, -0.25) is 0 Å². The van der Waals surface area contributed by atoms with Gasteiger partial charge in [0.15, 0.2) is 0 Å². The van der Waals surface area contributed by atoms with Crippen LogP contribution in [0.4, 0.5) is 0 Å². The summed E-state index contributed by atoms with van der Waals surface area (Å²) >= 11 is 0. The van der Waals surface area contributed by atoms with E-state index in [4.69, 9.17) is 10.00 Å². The second kappa shape index (κ2) is 3.91. The SMILES string of the molecule is N#Cc1ncn(CC2Cc3ccccc3O2)n1. The number of ether oxygens (including phenoxy) is 1. The van der Waals surface area contributed by atoms with Crippen LogP contribution in [0, 0.1) is 11.3 Å². The topological polar surface area (TPSA) is 63.7 Å². The molecule has 0 N–H and O–H groups in total. The monoisotopic (exact) mass is 226 g/mol. The molecule has 0 bridgehead atoms. The molecule has 0 radical (unpaired) electrons. The van der Waals surface area contributed by atoms with Crippen LogP contribution in [0.1, 0.15) is 11.4 Å². The van der Waals surface area contributed by atoms with Gasteiger partial charge in [0.1, 0.15) is 24.3 Å². The van der Waals surface area contributed by atoms with Crippen molar-refractivity contribution in [1.29, 1.82) is 5.26 Å². The van der Waals surface area contributed by atoms with Crippen LogP contribution in [0.15, 0.2) is 30.6 Å². The first-order valence-corrected chi connectivity index (χ1v) is 5.39. The summed E-state index contributed by atoms with van der Waals surface area (Å²) in [5, 5.41) is 12.7. The van der Waals surface area contributed by atoms with Crippen molar-refractivity contribution < 1.29 is 4.74 Å². The van der Waals surface area contributed by atoms with Gasteiger partial charge < -0.3 is 4.74 Å². The number of nitriles is 1. The molecule has 2 aromatic rings. The summed E-state index contributed by atoms with van der Waals surface area (Å²) in [6, 6.07) is 9.91. The van der Waals surface area contributed by atoms with Crippen LogP contribution in [0.5, 0.6) is 5.75 Å². The fourth-order valence-corrected chi connectivity index (χ4v) is 2.00. The molecule has 5 nitrogen and oxygen atoms in total. The zero-order chi connectivity index (χ0) is 11.7. The minimum Gasteiger partial charge on any atom is -0.488 e. The van der Waals surface area contributed by atoms with E-state index in [9.17, 15) is 0 Å². The van der Waals surface area contributed by atoms with Crippen molar-refractivity contribution >= 4 is 0 Å². The molecule has 1 aromatic carbocycles. The molecule has 84 valence electrons. The van der Waals surface area contributed by atoms with E-state index in [1.807, 2.05) is 24.3 Å². The van der Waals surface area contributed by atoms with E-state index in [1.165, 1.54) is 5.56 Å². The molecule has 1 unspecified atom stereocenters. The van der Waals surface area contributed by atoms with Gasteiger partial charge in [0, 0.05) is 6.42 Å². The summed E-state index contributed by atoms with van der Waals surface area (Å²) in [7, 11) is 0. The lowest BCUT2D eigenvalue weighted by Crippen LogP contribution is -2.21. The molecule has 0 amide bonds. The van der Waals surface area contributed by atoms with Crippen LogP contribution in [0.3, 0.4) is 0 Å². The van der Waals surface area contributed by atoms with Gasteiger partial charge in [-0.05, 0) is 11.6 Å². The molecule has 1 aliphatic heterocycles. The number of hydrogen-bond donors (Lipinski definition) is 0. The molecule has 17 heavy (non-hydrogen) atoms. The molecule has 1 aliphatic rings. The van der Waals surface area contributed by atoms with Crippen LogP contribution < -0.4 is 4.74 Å². The van der Waals surface area contributed by atoms with Crippen molar-refractivity contribution in [3.05, 3.63) is 42.0 Å². The van der Waals surface area contributed by atoms with E-state index < -0.39 is 0 Å². The lowest BCUT2D eigenvalue weighted by atomic mass is 10.1. The molecule has 0 saturated heterocycles. The predicted molar refractivity (Wildman–Crippen MR) is 59.3 cm³/mol. The van der Waals surface area contributed by atoms with Gasteiger partial charge in [0.2, 0.25) is 0 Å². The quantitative estimate of drug-likeness (QED) is 0.770. The largest absolute Gasteiger partial charge is 0.488 e. The van der Waals surface area contributed by atoms with Gasteiger partial charge in [-0.1, -0.05) is 18.2 Å². The highest BCUT2D eigenvalue weighted by Gasteiger charge is 2.22. The summed E-state index contributed by atoms with van der Waals surface area (Å²) in [6.45, 7) is 0.614. The Morgan fingerprint density at radius 2 is 2.35 bits per heavy atom. The number of aromatic nitrogens is 3. The number of rotatable bonds is 2. The maximum Gasteiger partial charge on any atom is 0.252 e. The minimum absolute atomic E-state index is 0.0700. The normalized spacial score (nSPS) is 17.2. The molecule has 0 fully saturated rings. The van der Waals surface area contributed by atoms with E-state index in [0.717, 1.165) is 12.2 Å². The van der Waals surface area contributed by atoms with E-state index in [0.29, 0.717) is 6.54 Å². The van der Waals surface area contributed by atoms with Crippen molar-refractivity contribution in [1.82, 2.24) is 14.8 Å². The summed E-state index contributed by atoms with van der Waals surface area (Å²) in [4.78, 5) is 3.86. The lowest BCUT2D eigenvalue weighted by molar-refractivity contribution is 0.203. The summed E-state index contributed by atoms with van der Waals surface area (Å²) < 4.78 is 7.43. The molecule has 1 atom stereocenters. The Balaban J connectivity index is 1.72. The number of nitrogens with zero attached hydrogens (tertiary/aromatic N) is 4. The lowest BCUT2D eigenvalue weighted by Gasteiger charge is -2.09. The van der Waals surface area contributed by atoms with Crippen LogP contribution in [0.2, 0.25) is 0 Å². The van der Waals surface area contributed by atoms with Crippen molar-refractivity contribution in [2.24, 2.45) is 0 Å². The molecule has 3 rings (SSSR count). The van der Waals surface area contributed by atoms with E-state index in [-0.39, 0.29) is 11.9 Å². The third-order valence-corrected chi connectivity index (χ3v) is 2.74. The van der Waals surface area contributed by atoms with Crippen LogP contribution in [0.25, 0.3) is 0 Å². The van der Waals surface area contributed by atoms with E-state index in [1.54, 1.807) is 11.0 Å². The number of benzene rings is 1. The highest BCUT2D eigenvalue weighted by atomic mass is 16.5. The fourth-order valence-electron chi connectivity index (χ4n) is 2.00. The summed E-state index contributed by atoms with van der Waals surface area (Å²) in [5.74, 6) is 1.14. The highest BCUT2D eigenvalue weighted by Crippen LogP contribution is 2.28. The standard InChI is InChI=1S/C12H10N4O/c13-6-12-14-8-16(15-12)7-10-5-9-3-1-2-4-11(9)17-10/h1-4,8,10H,5,7H2. The van der Waals surface area contributed by atoms with Gasteiger partial charge in [-0.2, -0.15) is 5.26 Å². The van der Waals surface area contributed by atoms with Crippen LogP contribution >= 0.6 is 0 Å². The molecular formula is C12H10N4O. The Hall–Kier alpha value is -2.35. The average molecular weight is 226 g/mol. The average Bonchev–Trinajstić information content (AvgIpc) is 2.94. The minimum atomic E-state index is 0.0700. The molecule has 0 spiro atoms. The first-order valence-electron chi connectivity index (χ1n) is 5.39. The van der Waals surface area contributed by atoms with Crippen molar-refractivity contribution in [3.63, 3.8) is 0 Å². The van der Waals surface area contributed by atoms with Crippen molar-refractivity contribution in [2.75, 3.05) is 0 Å². The Kier molecular flexibility index (Phi) is 2.26. The molecule has 1 aromatic heterocycles. The number of hydrogen-bond acceptors (Lipinski definition) is 4. The third-order valence-electron chi connectivity index (χ3n) is 2.74. The van der Waals surface area contributed by atoms with Gasteiger partial charge in [-0.25, -0.2) is 9.67 Å². The Labute approximate surface area is 98.3 Å². The first kappa shape index (κ1) is 9.85. The first-order chi connectivity index (χ1) is 8.35. The molecule has 0 aliphatic carbocycles. The smallest absolute Gasteiger partial charge is 0.252 e. The summed E-state index contributed by atoms with van der Waals surface area (Å²) in [5.41, 5.74) is 1.22. The van der Waals surface area contributed by atoms with Crippen LogP contribution in [-0.4, -0.2) is 20.9 Å². The van der Waals surface area contributed by atoms with E-state index in [2.05, 4.69) is 16.1 Å². The molecule has 2 heterocycles. The molecule has 5 heteroatoms. The molecular weight excluding hydrogens is 216 g/mol. The van der Waals surface area contributed by atoms with Gasteiger partial charge >= 0.3 is 0 Å². The number of para-hydroxylation sites is 1. The Bertz CT molecular complexity index is 559. The summed E-state index contributed by atoms with van der Waals surface area (Å²) in [6.07, 6.45) is 2.50. The molecule has 0 saturated carbocycles. The maximum absolute atomic E-state index is 8.63. The zero-order valence-corrected chi connectivity index (χ0v) is 9.08. The van der Waals surface area contributed by atoms with Gasteiger partial charge in [-0.15, -0.1) is 5.10 Å². The van der Waals surface area contributed by atoms with E-state index >= 15 is 0 Å². The second-order valence-electron chi connectivity index (χ2n) is 3.95. The second-order valence-corrected chi connectivity index (χ2v) is 3.95. The van der Waals surface area contributed by atoms with Crippen LogP contribution in [-0.2, 0) is 13.0 Å². The van der Waals surface area contributed by atoms with Gasteiger partial charge in [0.05, 0.1) is 6.54 Å². The van der Waals surface area contributed by atoms with Crippen molar-refractivity contribution in [3.8, 4) is 11.8 Å². The highest BCUT2D eigenvalue weighted by molar-refractivity contribution is 5.37. The maximum atomic E-state index is 8.63. The fraction of sp³-hybridized carbons (Fsp3) is 0.250. The Morgan fingerprint density at radius 3 is 3.12 bits per heavy atom. The third kappa shape index (κ3) is 1.85.